The fourth-order valence-corrected chi connectivity index (χ4v) is 3.61. The highest BCUT2D eigenvalue weighted by molar-refractivity contribution is 7.18. The molecular formula is C22H18N4OS. The lowest BCUT2D eigenvalue weighted by molar-refractivity contribution is 0.103. The van der Waals surface area contributed by atoms with Gasteiger partial charge in [-0.2, -0.15) is 0 Å². The first kappa shape index (κ1) is 17.9. The topological polar surface area (TPSA) is 66.9 Å². The molecular weight excluding hydrogens is 368 g/mol. The monoisotopic (exact) mass is 386 g/mol. The molecule has 0 radical (unpaired) electrons. The number of carbonyl (C=O) groups is 1. The van der Waals surface area contributed by atoms with Crippen LogP contribution in [-0.4, -0.2) is 15.9 Å². The van der Waals surface area contributed by atoms with Gasteiger partial charge < -0.3 is 10.6 Å². The molecule has 0 atom stereocenters. The molecule has 0 aliphatic rings. The van der Waals surface area contributed by atoms with Crippen molar-refractivity contribution in [2.45, 2.75) is 6.92 Å². The van der Waals surface area contributed by atoms with Crippen molar-refractivity contribution in [1.82, 2.24) is 9.97 Å². The number of amides is 1. The molecule has 0 fully saturated rings. The average Bonchev–Trinajstić information content (AvgIpc) is 3.15. The Morgan fingerprint density at radius 1 is 0.929 bits per heavy atom. The first-order chi connectivity index (χ1) is 13.7. The highest BCUT2D eigenvalue weighted by atomic mass is 32.1. The Kier molecular flexibility index (Phi) is 5.12. The Morgan fingerprint density at radius 2 is 1.71 bits per heavy atom. The SMILES string of the molecule is Cc1ccc(Nc2nc(-c3ccccc3)c(C(=O)Nc3cccnc3)s2)cc1. The second kappa shape index (κ2) is 8.02. The molecule has 0 bridgehead atoms. The summed E-state index contributed by atoms with van der Waals surface area (Å²) in [5.41, 5.74) is 4.31. The molecule has 28 heavy (non-hydrogen) atoms. The van der Waals surface area contributed by atoms with Crippen LogP contribution in [0.25, 0.3) is 11.3 Å². The highest BCUT2D eigenvalue weighted by Gasteiger charge is 2.20. The minimum atomic E-state index is -0.207. The number of hydrogen-bond acceptors (Lipinski definition) is 5. The maximum Gasteiger partial charge on any atom is 0.268 e. The van der Waals surface area contributed by atoms with Crippen LogP contribution in [0.4, 0.5) is 16.5 Å². The Balaban J connectivity index is 1.68. The van der Waals surface area contributed by atoms with Crippen LogP contribution in [0, 0.1) is 6.92 Å². The van der Waals surface area contributed by atoms with Gasteiger partial charge in [0.15, 0.2) is 5.13 Å². The molecule has 138 valence electrons. The summed E-state index contributed by atoms with van der Waals surface area (Å²) in [6, 6.07) is 21.4. The summed E-state index contributed by atoms with van der Waals surface area (Å²) < 4.78 is 0. The molecule has 4 rings (SSSR count). The fourth-order valence-electron chi connectivity index (χ4n) is 2.70. The lowest BCUT2D eigenvalue weighted by Crippen LogP contribution is -2.11. The molecule has 1 amide bonds. The van der Waals surface area contributed by atoms with Gasteiger partial charge in [-0.25, -0.2) is 4.98 Å². The number of carbonyl (C=O) groups excluding carboxylic acids is 1. The van der Waals surface area contributed by atoms with Crippen molar-refractivity contribution in [3.63, 3.8) is 0 Å². The van der Waals surface area contributed by atoms with Crippen LogP contribution < -0.4 is 10.6 Å². The zero-order chi connectivity index (χ0) is 19.3. The number of aromatic nitrogens is 2. The minimum Gasteiger partial charge on any atom is -0.332 e. The number of nitrogens with one attached hydrogen (secondary N) is 2. The lowest BCUT2D eigenvalue weighted by atomic mass is 10.1. The second-order valence-corrected chi connectivity index (χ2v) is 7.25. The van der Waals surface area contributed by atoms with Crippen molar-refractivity contribution in [3.05, 3.63) is 89.6 Å². The number of rotatable bonds is 5. The van der Waals surface area contributed by atoms with Gasteiger partial charge in [0, 0.05) is 17.4 Å². The lowest BCUT2D eigenvalue weighted by Gasteiger charge is -2.04. The van der Waals surface area contributed by atoms with Crippen molar-refractivity contribution >= 4 is 33.8 Å². The smallest absolute Gasteiger partial charge is 0.268 e. The number of hydrogen-bond donors (Lipinski definition) is 2. The quantitative estimate of drug-likeness (QED) is 0.475. The van der Waals surface area contributed by atoms with E-state index >= 15 is 0 Å². The summed E-state index contributed by atoms with van der Waals surface area (Å²) >= 11 is 1.33. The number of aryl methyl sites for hydroxylation is 1. The van der Waals surface area contributed by atoms with Gasteiger partial charge in [-0.05, 0) is 31.2 Å². The fraction of sp³-hybridized carbons (Fsp3) is 0.0455. The van der Waals surface area contributed by atoms with Gasteiger partial charge in [-0.15, -0.1) is 0 Å². The van der Waals surface area contributed by atoms with Crippen LogP contribution in [0.1, 0.15) is 15.2 Å². The van der Waals surface area contributed by atoms with Crippen molar-refractivity contribution in [2.24, 2.45) is 0 Å². The van der Waals surface area contributed by atoms with E-state index in [4.69, 9.17) is 4.98 Å². The van der Waals surface area contributed by atoms with E-state index in [0.29, 0.717) is 21.4 Å². The molecule has 2 aromatic carbocycles. The standard InChI is InChI=1S/C22H18N4OS/c1-15-9-11-17(12-10-15)25-22-26-19(16-6-3-2-4-7-16)20(28-22)21(27)24-18-8-5-13-23-14-18/h2-14H,1H3,(H,24,27)(H,25,26). The van der Waals surface area contributed by atoms with E-state index in [1.54, 1.807) is 24.5 Å². The Labute approximate surface area is 167 Å². The van der Waals surface area contributed by atoms with Crippen LogP contribution in [0.2, 0.25) is 0 Å². The summed E-state index contributed by atoms with van der Waals surface area (Å²) in [7, 11) is 0. The Morgan fingerprint density at radius 3 is 2.43 bits per heavy atom. The highest BCUT2D eigenvalue weighted by Crippen LogP contribution is 2.33. The maximum absolute atomic E-state index is 12.9. The van der Waals surface area contributed by atoms with Crippen LogP contribution in [0.15, 0.2) is 79.1 Å². The molecule has 5 nitrogen and oxygen atoms in total. The van der Waals surface area contributed by atoms with Gasteiger partial charge in [-0.3, -0.25) is 9.78 Å². The predicted octanol–water partition coefficient (Wildman–Crippen LogP) is 5.51. The third-order valence-corrected chi connectivity index (χ3v) is 5.07. The molecule has 0 saturated carbocycles. The van der Waals surface area contributed by atoms with E-state index in [2.05, 4.69) is 15.6 Å². The number of benzene rings is 2. The van der Waals surface area contributed by atoms with E-state index in [1.165, 1.54) is 16.9 Å². The molecule has 0 spiro atoms. The van der Waals surface area contributed by atoms with Crippen LogP contribution in [-0.2, 0) is 0 Å². The summed E-state index contributed by atoms with van der Waals surface area (Å²) in [6.45, 7) is 2.04. The second-order valence-electron chi connectivity index (χ2n) is 6.25. The zero-order valence-electron chi connectivity index (χ0n) is 15.2. The maximum atomic E-state index is 12.9. The summed E-state index contributed by atoms with van der Waals surface area (Å²) in [5, 5.41) is 6.86. The molecule has 0 saturated heterocycles. The number of anilines is 3. The third kappa shape index (κ3) is 4.07. The molecule has 2 heterocycles. The van der Waals surface area contributed by atoms with Crippen LogP contribution in [0.3, 0.4) is 0 Å². The molecule has 0 aliphatic heterocycles. The average molecular weight is 386 g/mol. The van der Waals surface area contributed by atoms with E-state index in [1.807, 2.05) is 61.5 Å². The van der Waals surface area contributed by atoms with Crippen molar-refractivity contribution in [2.75, 3.05) is 10.6 Å². The van der Waals surface area contributed by atoms with Crippen molar-refractivity contribution < 1.29 is 4.79 Å². The predicted molar refractivity (Wildman–Crippen MR) is 114 cm³/mol. The number of nitrogens with zero attached hydrogens (tertiary/aromatic N) is 2. The van der Waals surface area contributed by atoms with E-state index < -0.39 is 0 Å². The van der Waals surface area contributed by atoms with Gasteiger partial charge in [0.2, 0.25) is 0 Å². The van der Waals surface area contributed by atoms with E-state index in [9.17, 15) is 4.79 Å². The van der Waals surface area contributed by atoms with Gasteiger partial charge in [0.05, 0.1) is 17.6 Å². The Hall–Kier alpha value is -3.51. The van der Waals surface area contributed by atoms with Crippen molar-refractivity contribution in [1.29, 1.82) is 0 Å². The normalized spacial score (nSPS) is 10.5. The van der Waals surface area contributed by atoms with Gasteiger partial charge >= 0.3 is 0 Å². The number of pyridine rings is 1. The first-order valence-electron chi connectivity index (χ1n) is 8.80. The molecule has 4 aromatic rings. The van der Waals surface area contributed by atoms with Crippen LogP contribution >= 0.6 is 11.3 Å². The summed E-state index contributed by atoms with van der Waals surface area (Å²) in [5.74, 6) is -0.207. The third-order valence-electron chi connectivity index (χ3n) is 4.10. The molecule has 2 aromatic heterocycles. The van der Waals surface area contributed by atoms with Gasteiger partial charge in [0.1, 0.15) is 4.88 Å². The molecule has 0 unspecified atom stereocenters. The minimum absolute atomic E-state index is 0.207. The van der Waals surface area contributed by atoms with Crippen LogP contribution in [0.5, 0.6) is 0 Å². The number of thiazole rings is 1. The van der Waals surface area contributed by atoms with Gasteiger partial charge in [0.25, 0.3) is 5.91 Å². The summed E-state index contributed by atoms with van der Waals surface area (Å²) in [6.07, 6.45) is 3.29. The first-order valence-corrected chi connectivity index (χ1v) is 9.62. The van der Waals surface area contributed by atoms with E-state index in [0.717, 1.165) is 11.3 Å². The zero-order valence-corrected chi connectivity index (χ0v) is 16.0. The van der Waals surface area contributed by atoms with E-state index in [-0.39, 0.29) is 5.91 Å². The molecule has 2 N–H and O–H groups in total. The molecule has 6 heteroatoms. The molecule has 0 aliphatic carbocycles. The van der Waals surface area contributed by atoms with Gasteiger partial charge in [-0.1, -0.05) is 59.4 Å². The summed E-state index contributed by atoms with van der Waals surface area (Å²) in [4.78, 5) is 22.2. The van der Waals surface area contributed by atoms with Crippen molar-refractivity contribution in [3.8, 4) is 11.3 Å². The Bertz CT molecular complexity index is 1080. The largest absolute Gasteiger partial charge is 0.332 e.